The molecule has 0 saturated heterocycles. The zero-order valence-electron chi connectivity index (χ0n) is 10.4. The van der Waals surface area contributed by atoms with E-state index in [1.807, 2.05) is 0 Å². The Bertz CT molecular complexity index is 709. The number of hydrogen-bond donors (Lipinski definition) is 0. The number of thiazole rings is 1. The van der Waals surface area contributed by atoms with E-state index in [0.29, 0.717) is 15.0 Å². The van der Waals surface area contributed by atoms with Crippen molar-refractivity contribution in [2.24, 2.45) is 0 Å². The molecule has 0 atom stereocenters. The second-order valence-electron chi connectivity index (χ2n) is 3.71. The van der Waals surface area contributed by atoms with E-state index < -0.39 is 11.0 Å². The van der Waals surface area contributed by atoms with Crippen LogP contribution in [0.25, 0.3) is 10.6 Å². The highest BCUT2D eigenvalue weighted by Crippen LogP contribution is 2.32. The molecule has 0 N–H and O–H groups in total. The second kappa shape index (κ2) is 6.94. The molecule has 0 amide bonds. The van der Waals surface area contributed by atoms with Gasteiger partial charge in [0.25, 0.3) is 0 Å². The number of aromatic nitrogens is 2. The molecule has 2 aromatic rings. The lowest BCUT2D eigenvalue weighted by Crippen LogP contribution is -2.09. The number of halogens is 4. The van der Waals surface area contributed by atoms with Crippen LogP contribution in [-0.4, -0.2) is 15.9 Å². The van der Waals surface area contributed by atoms with Gasteiger partial charge in [-0.05, 0) is 19.1 Å². The maximum atomic E-state index is 11.7. The second-order valence-corrected chi connectivity index (χ2v) is 6.63. The molecule has 0 spiro atoms. The van der Waals surface area contributed by atoms with Gasteiger partial charge in [-0.3, -0.25) is 0 Å². The number of aryl methyl sites for hydroxylation is 1. The summed E-state index contributed by atoms with van der Waals surface area (Å²) in [5.41, 5.74) is 0.756. The predicted octanol–water partition coefficient (Wildman–Crippen LogP) is 4.96. The summed E-state index contributed by atoms with van der Waals surface area (Å²) >= 11 is 23.5. The molecule has 0 aliphatic heterocycles. The monoisotopic (exact) mass is 382 g/mol. The van der Waals surface area contributed by atoms with Gasteiger partial charge in [0, 0.05) is 11.8 Å². The lowest BCUT2D eigenvalue weighted by Gasteiger charge is -2.00. The van der Waals surface area contributed by atoms with Gasteiger partial charge in [0.1, 0.15) is 14.7 Å². The van der Waals surface area contributed by atoms with Crippen molar-refractivity contribution in [1.82, 2.24) is 9.97 Å². The van der Waals surface area contributed by atoms with Gasteiger partial charge in [0.05, 0.1) is 4.88 Å². The number of carbonyl (C=O) groups excluding carboxylic acids is 1. The van der Waals surface area contributed by atoms with E-state index in [1.54, 1.807) is 25.3 Å². The molecule has 2 aromatic heterocycles. The van der Waals surface area contributed by atoms with Gasteiger partial charge in [-0.1, -0.05) is 46.4 Å². The van der Waals surface area contributed by atoms with Crippen molar-refractivity contribution in [3.63, 3.8) is 0 Å². The van der Waals surface area contributed by atoms with Gasteiger partial charge in [-0.15, -0.1) is 11.3 Å². The first kappa shape index (κ1) is 16.5. The zero-order chi connectivity index (χ0) is 15.6. The number of ether oxygens (including phenoxy) is 1. The molecule has 0 saturated carbocycles. The third kappa shape index (κ3) is 4.08. The normalized spacial score (nSPS) is 10.3. The van der Waals surface area contributed by atoms with Crippen LogP contribution >= 0.6 is 57.7 Å². The molecule has 9 heteroatoms. The Balaban J connectivity index is 2.26. The smallest absolute Gasteiger partial charge is 0.359 e. The van der Waals surface area contributed by atoms with Crippen molar-refractivity contribution in [3.05, 3.63) is 37.9 Å². The van der Waals surface area contributed by atoms with Crippen LogP contribution in [0.2, 0.25) is 5.15 Å². The van der Waals surface area contributed by atoms with Crippen LogP contribution in [0.1, 0.15) is 4.88 Å². The Morgan fingerprint density at radius 2 is 2.00 bits per heavy atom. The molecular weight excluding hydrogens is 378 g/mol. The first-order chi connectivity index (χ1) is 9.88. The van der Waals surface area contributed by atoms with Gasteiger partial charge >= 0.3 is 5.97 Å². The van der Waals surface area contributed by atoms with Crippen molar-refractivity contribution in [2.75, 3.05) is 0 Å². The van der Waals surface area contributed by atoms with E-state index in [-0.39, 0.29) is 10.4 Å². The molecule has 110 valence electrons. The summed E-state index contributed by atoms with van der Waals surface area (Å²) in [6, 6.07) is 3.41. The summed E-state index contributed by atoms with van der Waals surface area (Å²) in [5, 5.41) is 0.615. The number of hydrogen-bond acceptors (Lipinski definition) is 5. The molecule has 2 rings (SSSR count). The van der Waals surface area contributed by atoms with E-state index in [4.69, 9.17) is 51.1 Å². The van der Waals surface area contributed by atoms with Gasteiger partial charge in [-0.25, -0.2) is 14.8 Å². The lowest BCUT2D eigenvalue weighted by atomic mass is 10.3. The molecular formula is C12H6Cl4N2O2S. The first-order valence-corrected chi connectivity index (χ1v) is 7.73. The third-order valence-corrected chi connectivity index (χ3v) is 4.40. The number of pyridine rings is 1. The minimum atomic E-state index is -0.870. The lowest BCUT2D eigenvalue weighted by molar-refractivity contribution is -0.129. The molecule has 0 unspecified atom stereocenters. The summed E-state index contributed by atoms with van der Waals surface area (Å²) in [4.78, 5) is 20.5. The fraction of sp³-hybridized carbons (Fsp3) is 0.0833. The highest BCUT2D eigenvalue weighted by atomic mass is 35.5. The van der Waals surface area contributed by atoms with E-state index >= 15 is 0 Å². The van der Waals surface area contributed by atoms with Gasteiger partial charge in [-0.2, -0.15) is 0 Å². The van der Waals surface area contributed by atoms with E-state index in [2.05, 4.69) is 9.97 Å². The Morgan fingerprint density at radius 1 is 1.29 bits per heavy atom. The van der Waals surface area contributed by atoms with Crippen molar-refractivity contribution < 1.29 is 9.53 Å². The van der Waals surface area contributed by atoms with Gasteiger partial charge < -0.3 is 4.74 Å². The fourth-order valence-corrected chi connectivity index (χ4v) is 2.45. The topological polar surface area (TPSA) is 52.1 Å². The van der Waals surface area contributed by atoms with E-state index in [0.717, 1.165) is 5.56 Å². The van der Waals surface area contributed by atoms with Crippen molar-refractivity contribution in [3.8, 4) is 16.5 Å². The molecule has 0 bridgehead atoms. The highest BCUT2D eigenvalue weighted by molar-refractivity contribution is 7.15. The Hall–Kier alpha value is -0.850. The van der Waals surface area contributed by atoms with E-state index in [9.17, 15) is 4.79 Å². The van der Waals surface area contributed by atoms with Crippen LogP contribution in [0, 0.1) is 6.92 Å². The van der Waals surface area contributed by atoms with Crippen LogP contribution in [0.15, 0.2) is 27.9 Å². The quantitative estimate of drug-likeness (QED) is 0.427. The standard InChI is InChI=1S/C12H6Cl4N2O2S/c1-5-10(20-12(19)8(14)9(15)16)18-11(21-5)6-2-3-7(13)17-4-6/h2-4H,1H3. The van der Waals surface area contributed by atoms with Crippen LogP contribution in [-0.2, 0) is 4.79 Å². The minimum Gasteiger partial charge on any atom is -0.402 e. The third-order valence-electron chi connectivity index (χ3n) is 2.26. The van der Waals surface area contributed by atoms with Gasteiger partial charge in [0.2, 0.25) is 5.88 Å². The largest absolute Gasteiger partial charge is 0.402 e. The van der Waals surface area contributed by atoms with Crippen LogP contribution < -0.4 is 4.74 Å². The SMILES string of the molecule is Cc1sc(-c2ccc(Cl)nc2)nc1OC(=O)C(Cl)=C(Cl)Cl. The summed E-state index contributed by atoms with van der Waals surface area (Å²) in [6.45, 7) is 1.76. The van der Waals surface area contributed by atoms with Crippen LogP contribution in [0.4, 0.5) is 0 Å². The van der Waals surface area contributed by atoms with E-state index in [1.165, 1.54) is 11.3 Å². The molecule has 0 aliphatic carbocycles. The van der Waals surface area contributed by atoms with Crippen LogP contribution in [0.5, 0.6) is 5.88 Å². The Kier molecular flexibility index (Phi) is 5.46. The molecule has 2 heterocycles. The predicted molar refractivity (Wildman–Crippen MR) is 85.3 cm³/mol. The molecule has 21 heavy (non-hydrogen) atoms. The number of nitrogens with zero attached hydrogens (tertiary/aromatic N) is 2. The summed E-state index contributed by atoms with van der Waals surface area (Å²) in [7, 11) is 0. The fourth-order valence-electron chi connectivity index (χ4n) is 1.31. The zero-order valence-corrected chi connectivity index (χ0v) is 14.2. The highest BCUT2D eigenvalue weighted by Gasteiger charge is 2.18. The molecule has 0 aromatic carbocycles. The summed E-state index contributed by atoms with van der Waals surface area (Å²) < 4.78 is 4.69. The first-order valence-electron chi connectivity index (χ1n) is 5.40. The van der Waals surface area contributed by atoms with Crippen LogP contribution in [0.3, 0.4) is 0 Å². The average Bonchev–Trinajstić information content (AvgIpc) is 2.79. The number of esters is 1. The average molecular weight is 384 g/mol. The minimum absolute atomic E-state index is 0.141. The van der Waals surface area contributed by atoms with Crippen molar-refractivity contribution in [2.45, 2.75) is 6.92 Å². The molecule has 0 fully saturated rings. The molecule has 4 nitrogen and oxygen atoms in total. The Labute approximate surface area is 144 Å². The molecule has 0 aliphatic rings. The van der Waals surface area contributed by atoms with Crippen molar-refractivity contribution in [1.29, 1.82) is 0 Å². The number of rotatable bonds is 3. The Morgan fingerprint density at radius 3 is 2.57 bits per heavy atom. The molecule has 0 radical (unpaired) electrons. The summed E-state index contributed by atoms with van der Waals surface area (Å²) in [5.74, 6) is -0.728. The van der Waals surface area contributed by atoms with Gasteiger partial charge in [0.15, 0.2) is 5.03 Å². The maximum Gasteiger partial charge on any atom is 0.359 e. The van der Waals surface area contributed by atoms with Crippen molar-refractivity contribution >= 4 is 63.7 Å². The maximum absolute atomic E-state index is 11.7. The summed E-state index contributed by atoms with van der Waals surface area (Å²) in [6.07, 6.45) is 1.58. The number of carbonyl (C=O) groups is 1.